The van der Waals surface area contributed by atoms with Crippen molar-refractivity contribution in [1.82, 2.24) is 24.9 Å². The summed E-state index contributed by atoms with van der Waals surface area (Å²) >= 11 is 0. The Morgan fingerprint density at radius 3 is 1.01 bits per heavy atom. The lowest BCUT2D eigenvalue weighted by Gasteiger charge is -2.20. The molecule has 1 aliphatic rings. The molecule has 0 amide bonds. The van der Waals surface area contributed by atoms with Crippen LogP contribution < -0.4 is 22.8 Å². The van der Waals surface area contributed by atoms with Crippen molar-refractivity contribution in [2.45, 2.75) is 235 Å². The van der Waals surface area contributed by atoms with Gasteiger partial charge in [0, 0.05) is 184 Å². The molecule has 0 spiro atoms. The van der Waals surface area contributed by atoms with Crippen molar-refractivity contribution in [1.29, 1.82) is 0 Å². The van der Waals surface area contributed by atoms with Crippen molar-refractivity contribution in [2.24, 2.45) is 46.1 Å². The average Bonchev–Trinajstić information content (AvgIpc) is 1.29. The minimum atomic E-state index is -2.72. The maximum atomic E-state index is 9.01. The van der Waals surface area contributed by atoms with E-state index in [1.54, 1.807) is 92.3 Å². The van der Waals surface area contributed by atoms with Crippen molar-refractivity contribution in [3.8, 4) is 56.3 Å². The summed E-state index contributed by atoms with van der Waals surface area (Å²) in [6, 6.07) is 49.2. The summed E-state index contributed by atoms with van der Waals surface area (Å²) < 4.78 is 225. The van der Waals surface area contributed by atoms with Crippen LogP contribution in [0, 0.1) is 107 Å². The summed E-state index contributed by atoms with van der Waals surface area (Å²) in [4.78, 5) is 23.0. The maximum Gasteiger partial charge on any atom is 0.227 e. The quantitative estimate of drug-likeness (QED) is 0.128. The van der Waals surface area contributed by atoms with Gasteiger partial charge in [-0.2, -0.15) is 0 Å². The standard InChI is InChI=1S/C26H29N2O.2C25H29N2O.C24H27N2O.C22H23N2O/c1-16-10-11-20-21-12-13-22(19-8-6-5-7-9-19)27-26(21)29-25(20)24(16)23-14-17(2)18(3)15-28(23)4;2*1-15-8-10-19-20-11-9-18(13-25(4,5)6)26-24(20)28-23(19)22(15)21-12-16(2)17(3)14-27(21)7;1-14-8-9-17-18-10-11-20(24(4,5)6)25-23(18)27-22(17)21(14)19-12-15(2)16(3)13-26(19)7;1-13(2)18-12-24(5)19(11-15(18)4)20-14(3)8-9-16-17-7-6-10-23-22(17)25-21(16)20/h10-15,19H,5-9H2,1-4H3;2*8-12,14H,13H2,1-7H3;8-13H,1-7H3;6-13H,1-5H3/q5*+1/i3D3,8D2,9D2,19D;3D3,4D3,5D3;2*3D3;. The van der Waals surface area contributed by atoms with Crippen LogP contribution in [0.2, 0.25) is 0 Å². The zero-order valence-corrected chi connectivity index (χ0v) is 83.0. The van der Waals surface area contributed by atoms with Gasteiger partial charge in [0.05, 0.1) is 27.8 Å². The Labute approximate surface area is 840 Å². The highest BCUT2D eigenvalue weighted by Crippen LogP contribution is 2.45. The highest BCUT2D eigenvalue weighted by Gasteiger charge is 2.32. The number of aromatic nitrogens is 10. The fourth-order valence-corrected chi connectivity index (χ4v) is 18.8. The Balaban J connectivity index is 0.000000135. The predicted molar refractivity (Wildman–Crippen MR) is 562 cm³/mol. The minimum Gasteiger partial charge on any atom is -0.437 e. The third-order valence-electron chi connectivity index (χ3n) is 26.2. The third-order valence-corrected chi connectivity index (χ3v) is 26.2. The third kappa shape index (κ3) is 19.0. The molecule has 15 nitrogen and oxygen atoms in total. The van der Waals surface area contributed by atoms with Crippen LogP contribution in [0.4, 0.5) is 0 Å². The number of aryl methyl sites for hydroxylation is 19. The SMILES string of the molecule is Cc1cc(-c2c(C)ccc3c2oc2ncccc23)[n+](C)cc1C(C)C.[2H]C([2H])([2H])c1c[n+](C)c(-c2c(C)ccc3c2oc2nc(C(C)(C)C)ccc23)cc1C.[2H]C([2H])([2H])c1c[n+](C)c(-c2c(C)ccc3c2oc2nc(C4([2H])C([2H])([2H])CCCC4([2H])[2H])ccc23)cc1C.[2H]C([2H])([2H])c1c[n+](C)c(-c2c(C)ccc3c2oc2nc(CC(C)(C([2H])([2H])[2H])C([2H])([2H])[2H])ccc23)cc1C.[2H]C([2H])([2H])c1c[n+](C)c(-c2c(C)ccc3c2oc2nc(CC(C)(C)C)ccc23)cc1C. The van der Waals surface area contributed by atoms with Crippen LogP contribution in [0.15, 0.2) is 211 Å². The lowest BCUT2D eigenvalue weighted by Crippen LogP contribution is -2.32. The van der Waals surface area contributed by atoms with Gasteiger partial charge in [0.15, 0.2) is 58.9 Å². The van der Waals surface area contributed by atoms with Gasteiger partial charge in [0.2, 0.25) is 57.0 Å². The van der Waals surface area contributed by atoms with E-state index in [9.17, 15) is 0 Å². The van der Waals surface area contributed by atoms with Gasteiger partial charge in [-0.05, 0) is 255 Å². The topological polar surface area (TPSA) is 150 Å². The number of rotatable bonds is 9. The first-order chi connectivity index (χ1) is 74.1. The summed E-state index contributed by atoms with van der Waals surface area (Å²) in [5, 5.41) is 9.15. The van der Waals surface area contributed by atoms with Gasteiger partial charge < -0.3 is 22.1 Å². The maximum absolute atomic E-state index is 9.01. The van der Waals surface area contributed by atoms with Crippen molar-refractivity contribution in [3.63, 3.8) is 0 Å². The zero-order valence-electron chi connectivity index (χ0n) is 106. The van der Waals surface area contributed by atoms with Gasteiger partial charge in [-0.25, -0.2) is 47.8 Å². The molecule has 1 saturated carbocycles. The number of pyridine rings is 10. The molecule has 0 atom stereocenters. The Hall–Kier alpha value is -13.4. The summed E-state index contributed by atoms with van der Waals surface area (Å²) in [5.41, 5.74) is 27.5. The molecule has 21 rings (SSSR count). The zero-order chi connectivity index (χ0) is 117. The van der Waals surface area contributed by atoms with Crippen LogP contribution in [-0.4, -0.2) is 24.9 Å². The second-order valence-electron chi connectivity index (χ2n) is 40.1. The molecule has 5 aromatic carbocycles. The predicted octanol–water partition coefficient (Wildman–Crippen LogP) is 29.3. The van der Waals surface area contributed by atoms with Crippen molar-refractivity contribution in [3.05, 3.63) is 295 Å². The fraction of sp³-hybridized carbons (Fsp3) is 0.344. The molecule has 0 aliphatic heterocycles. The Bertz CT molecular complexity index is 9190. The first kappa shape index (κ1) is 70.3. The van der Waals surface area contributed by atoms with Crippen LogP contribution in [0.1, 0.15) is 258 Å². The summed E-state index contributed by atoms with van der Waals surface area (Å²) in [6.45, 7) is 24.0. The highest BCUT2D eigenvalue weighted by molar-refractivity contribution is 6.13. The molecule has 0 bridgehead atoms. The molecule has 0 radical (unpaired) electrons. The van der Waals surface area contributed by atoms with Gasteiger partial charge >= 0.3 is 0 Å². The van der Waals surface area contributed by atoms with Gasteiger partial charge in [-0.3, -0.25) is 0 Å². The van der Waals surface area contributed by atoms with E-state index in [1.807, 2.05) is 119 Å². The first-order valence-electron chi connectivity index (χ1n) is 58.3. The summed E-state index contributed by atoms with van der Waals surface area (Å²) in [5.74, 6) is -1.67. The molecule has 1 aliphatic carbocycles. The van der Waals surface area contributed by atoms with E-state index in [0.29, 0.717) is 79.4 Å². The Morgan fingerprint density at radius 1 is 0.343 bits per heavy atom. The van der Waals surface area contributed by atoms with E-state index >= 15 is 0 Å². The number of hydrogen-bond donors (Lipinski definition) is 0. The van der Waals surface area contributed by atoms with Gasteiger partial charge in [-0.15, -0.1) is 0 Å². The molecule has 0 N–H and O–H groups in total. The molecule has 0 saturated heterocycles. The van der Waals surface area contributed by atoms with Crippen LogP contribution in [-0.2, 0) is 53.5 Å². The van der Waals surface area contributed by atoms with Crippen LogP contribution in [0.25, 0.3) is 167 Å². The van der Waals surface area contributed by atoms with E-state index in [-0.39, 0.29) is 58.3 Å². The number of hydrogen-bond acceptors (Lipinski definition) is 10. The monoisotopic (exact) mass is 1850 g/mol. The van der Waals surface area contributed by atoms with E-state index in [0.717, 1.165) is 162 Å². The van der Waals surface area contributed by atoms with Crippen molar-refractivity contribution >= 4 is 110 Å². The fourth-order valence-electron chi connectivity index (χ4n) is 18.8. The molecule has 1 fully saturated rings. The molecule has 0 unspecified atom stereocenters. The van der Waals surface area contributed by atoms with Gasteiger partial charge in [-0.1, -0.05) is 156 Å². The number of benzene rings is 5. The van der Waals surface area contributed by atoms with Crippen molar-refractivity contribution in [2.75, 3.05) is 0 Å². The highest BCUT2D eigenvalue weighted by atomic mass is 16.4. The minimum absolute atomic E-state index is 0.00968. The summed E-state index contributed by atoms with van der Waals surface area (Å²) in [6.07, 6.45) is 7.60. The normalized spacial score (nSPS) is 16.8. The largest absolute Gasteiger partial charge is 0.437 e. The second-order valence-corrected chi connectivity index (χ2v) is 40.1. The number of nitrogens with zero attached hydrogens (tertiary/aromatic N) is 10. The molecular weight excluding hydrogens is 1690 g/mol. The van der Waals surface area contributed by atoms with Gasteiger partial charge in [0.25, 0.3) is 0 Å². The summed E-state index contributed by atoms with van der Waals surface area (Å²) in [7, 11) is 9.44. The van der Waals surface area contributed by atoms with E-state index in [2.05, 4.69) is 175 Å². The van der Waals surface area contributed by atoms with Crippen LogP contribution in [0.5, 0.6) is 0 Å². The molecule has 15 heterocycles. The Kier molecular flexibility index (Phi) is 19.1. The second kappa shape index (κ2) is 37.3. The Morgan fingerprint density at radius 2 is 0.657 bits per heavy atom. The van der Waals surface area contributed by atoms with Crippen LogP contribution in [0.3, 0.4) is 0 Å². The van der Waals surface area contributed by atoms with Gasteiger partial charge in [0.1, 0.15) is 35.2 Å². The number of fused-ring (bicyclic) bond motifs is 15. The van der Waals surface area contributed by atoms with Crippen LogP contribution >= 0.6 is 0 Å². The molecule has 15 aromatic heterocycles. The smallest absolute Gasteiger partial charge is 0.227 e. The van der Waals surface area contributed by atoms with E-state index < -0.39 is 65.2 Å². The first-order valence-corrected chi connectivity index (χ1v) is 46.8. The van der Waals surface area contributed by atoms with Crippen molar-refractivity contribution < 1.29 is 76.4 Å². The molecular formula is C122H137N10O5+5. The lowest BCUT2D eigenvalue weighted by molar-refractivity contribution is -0.661. The van der Waals surface area contributed by atoms with E-state index in [1.165, 1.54) is 29.3 Å². The molecule has 700 valence electrons. The number of furan rings is 5. The molecule has 20 aromatic rings. The average molecular weight is 1850 g/mol. The lowest BCUT2D eigenvalue weighted by atomic mass is 9.86. The molecule has 137 heavy (non-hydrogen) atoms. The molecule has 15 heteroatoms. The van der Waals surface area contributed by atoms with E-state index in [4.69, 9.17) is 63.6 Å².